The van der Waals surface area contributed by atoms with E-state index in [1.165, 1.54) is 9.77 Å². The van der Waals surface area contributed by atoms with Crippen LogP contribution in [0.25, 0.3) is 0 Å². The molecule has 0 saturated heterocycles. The molecule has 96 valence electrons. The molecule has 0 spiro atoms. The van der Waals surface area contributed by atoms with Gasteiger partial charge in [0.15, 0.2) is 0 Å². The summed E-state index contributed by atoms with van der Waals surface area (Å²) in [7, 11) is 0. The predicted molar refractivity (Wildman–Crippen MR) is 79.2 cm³/mol. The molecule has 1 N–H and O–H groups in total. The van der Waals surface area contributed by atoms with Crippen LogP contribution >= 0.6 is 23.1 Å². The van der Waals surface area contributed by atoms with Crippen molar-refractivity contribution in [2.75, 3.05) is 6.54 Å². The number of aromatic nitrogens is 1. The Morgan fingerprint density at radius 3 is 2.94 bits per heavy atom. The molecule has 0 amide bonds. The summed E-state index contributed by atoms with van der Waals surface area (Å²) in [5.74, 6) is 0.676. The van der Waals surface area contributed by atoms with Gasteiger partial charge in [-0.05, 0) is 35.5 Å². The van der Waals surface area contributed by atoms with Crippen molar-refractivity contribution in [2.45, 2.75) is 29.6 Å². The first kappa shape index (κ1) is 13.6. The molecule has 0 atom stereocenters. The van der Waals surface area contributed by atoms with Gasteiger partial charge < -0.3 is 5.32 Å². The number of thiophene rings is 1. The Bertz CT molecular complexity index is 466. The van der Waals surface area contributed by atoms with E-state index in [4.69, 9.17) is 0 Å². The molecule has 0 aliphatic heterocycles. The summed E-state index contributed by atoms with van der Waals surface area (Å²) in [6, 6.07) is 8.36. The third-order valence-corrected chi connectivity index (χ3v) is 4.51. The van der Waals surface area contributed by atoms with Gasteiger partial charge in [-0.2, -0.15) is 0 Å². The largest absolute Gasteiger partial charge is 0.312 e. The van der Waals surface area contributed by atoms with E-state index < -0.39 is 0 Å². The Labute approximate surface area is 117 Å². The minimum atomic E-state index is 0.676. The zero-order chi connectivity index (χ0) is 12.8. The summed E-state index contributed by atoms with van der Waals surface area (Å²) in [4.78, 5) is 4.48. The van der Waals surface area contributed by atoms with Gasteiger partial charge in [0, 0.05) is 12.7 Å². The maximum atomic E-state index is 4.48. The third-order valence-electron chi connectivity index (χ3n) is 2.41. The summed E-state index contributed by atoms with van der Waals surface area (Å²) >= 11 is 3.50. The summed E-state index contributed by atoms with van der Waals surface area (Å²) in [5, 5.41) is 6.68. The number of nitrogens with zero attached hydrogens (tertiary/aromatic N) is 1. The minimum absolute atomic E-state index is 0.676. The van der Waals surface area contributed by atoms with E-state index in [2.05, 4.69) is 47.7 Å². The first-order valence-electron chi connectivity index (χ1n) is 6.11. The van der Waals surface area contributed by atoms with Crippen molar-refractivity contribution in [3.05, 3.63) is 41.4 Å². The molecule has 2 aromatic heterocycles. The highest BCUT2D eigenvalue weighted by molar-refractivity contribution is 8.01. The molecule has 2 rings (SSSR count). The molecular formula is C14H18N2S2. The van der Waals surface area contributed by atoms with Crippen LogP contribution in [-0.2, 0) is 6.54 Å². The Balaban J connectivity index is 2.01. The van der Waals surface area contributed by atoms with Crippen molar-refractivity contribution in [1.29, 1.82) is 0 Å². The second kappa shape index (κ2) is 6.92. The van der Waals surface area contributed by atoms with Gasteiger partial charge in [-0.3, -0.25) is 0 Å². The van der Waals surface area contributed by atoms with Crippen LogP contribution in [0.15, 0.2) is 45.1 Å². The molecule has 0 radical (unpaired) electrons. The van der Waals surface area contributed by atoms with E-state index in [9.17, 15) is 0 Å². The van der Waals surface area contributed by atoms with Crippen molar-refractivity contribution >= 4 is 23.1 Å². The maximum absolute atomic E-state index is 4.48. The molecule has 2 heterocycles. The van der Waals surface area contributed by atoms with Crippen LogP contribution in [-0.4, -0.2) is 11.5 Å². The van der Waals surface area contributed by atoms with Crippen LogP contribution in [0.2, 0.25) is 0 Å². The lowest BCUT2D eigenvalue weighted by molar-refractivity contribution is 0.549. The number of nitrogens with one attached hydrogen (secondary N) is 1. The first-order chi connectivity index (χ1) is 8.75. The number of rotatable bonds is 6. The highest BCUT2D eigenvalue weighted by atomic mass is 32.2. The van der Waals surface area contributed by atoms with Crippen molar-refractivity contribution in [3.63, 3.8) is 0 Å². The standard InChI is InChI=1S/C14H18N2S2/c1-11(2)9-15-10-12-5-3-7-16-14(12)18-13-6-4-8-17-13/h3-8,11,15H,9-10H2,1-2H3. The van der Waals surface area contributed by atoms with Crippen LogP contribution in [0.3, 0.4) is 0 Å². The lowest BCUT2D eigenvalue weighted by atomic mass is 10.2. The number of hydrogen-bond donors (Lipinski definition) is 1. The molecule has 2 nitrogen and oxygen atoms in total. The average Bonchev–Trinajstić information content (AvgIpc) is 2.84. The van der Waals surface area contributed by atoms with E-state index in [-0.39, 0.29) is 0 Å². The fourth-order valence-electron chi connectivity index (χ4n) is 1.56. The Morgan fingerprint density at radius 2 is 2.22 bits per heavy atom. The average molecular weight is 278 g/mol. The second-order valence-corrected chi connectivity index (χ2v) is 6.76. The van der Waals surface area contributed by atoms with Gasteiger partial charge in [0.05, 0.1) is 4.21 Å². The monoisotopic (exact) mass is 278 g/mol. The smallest absolute Gasteiger partial charge is 0.106 e. The van der Waals surface area contributed by atoms with Crippen LogP contribution in [0.5, 0.6) is 0 Å². The summed E-state index contributed by atoms with van der Waals surface area (Å²) in [5.41, 5.74) is 1.27. The highest BCUT2D eigenvalue weighted by Crippen LogP contribution is 2.31. The normalized spacial score (nSPS) is 11.1. The van der Waals surface area contributed by atoms with E-state index in [0.717, 1.165) is 18.1 Å². The molecular weight excluding hydrogens is 260 g/mol. The molecule has 0 fully saturated rings. The SMILES string of the molecule is CC(C)CNCc1cccnc1Sc1cccs1. The first-order valence-corrected chi connectivity index (χ1v) is 7.81. The second-order valence-electron chi connectivity index (χ2n) is 4.53. The van der Waals surface area contributed by atoms with Gasteiger partial charge in [-0.15, -0.1) is 11.3 Å². The fourth-order valence-corrected chi connectivity index (χ4v) is 3.33. The molecule has 4 heteroatoms. The van der Waals surface area contributed by atoms with E-state index in [1.807, 2.05) is 12.3 Å². The summed E-state index contributed by atoms with van der Waals surface area (Å²) in [6.07, 6.45) is 1.86. The quantitative estimate of drug-likeness (QED) is 0.863. The van der Waals surface area contributed by atoms with E-state index >= 15 is 0 Å². The maximum Gasteiger partial charge on any atom is 0.106 e. The molecule has 0 aromatic carbocycles. The highest BCUT2D eigenvalue weighted by Gasteiger charge is 2.06. The van der Waals surface area contributed by atoms with Gasteiger partial charge in [0.2, 0.25) is 0 Å². The zero-order valence-electron chi connectivity index (χ0n) is 10.7. The molecule has 2 aromatic rings. The Hall–Kier alpha value is -0.840. The van der Waals surface area contributed by atoms with Crippen molar-refractivity contribution in [1.82, 2.24) is 10.3 Å². The van der Waals surface area contributed by atoms with E-state index in [1.54, 1.807) is 23.1 Å². The topological polar surface area (TPSA) is 24.9 Å². The van der Waals surface area contributed by atoms with Crippen molar-refractivity contribution < 1.29 is 0 Å². The predicted octanol–water partition coefficient (Wildman–Crippen LogP) is 4.04. The lowest BCUT2D eigenvalue weighted by Crippen LogP contribution is -2.19. The molecule has 0 bridgehead atoms. The van der Waals surface area contributed by atoms with Gasteiger partial charge in [0.1, 0.15) is 5.03 Å². The van der Waals surface area contributed by atoms with Gasteiger partial charge in [-0.1, -0.05) is 37.7 Å². The minimum Gasteiger partial charge on any atom is -0.312 e. The summed E-state index contributed by atoms with van der Waals surface area (Å²) < 4.78 is 1.29. The molecule has 0 unspecified atom stereocenters. The fraction of sp³-hybridized carbons (Fsp3) is 0.357. The lowest BCUT2D eigenvalue weighted by Gasteiger charge is -2.10. The molecule has 0 aliphatic rings. The third kappa shape index (κ3) is 4.12. The van der Waals surface area contributed by atoms with Gasteiger partial charge >= 0.3 is 0 Å². The molecule has 18 heavy (non-hydrogen) atoms. The number of hydrogen-bond acceptors (Lipinski definition) is 4. The van der Waals surface area contributed by atoms with E-state index in [0.29, 0.717) is 5.92 Å². The van der Waals surface area contributed by atoms with Crippen molar-refractivity contribution in [2.24, 2.45) is 5.92 Å². The van der Waals surface area contributed by atoms with Crippen molar-refractivity contribution in [3.8, 4) is 0 Å². The number of pyridine rings is 1. The van der Waals surface area contributed by atoms with Crippen LogP contribution in [0.1, 0.15) is 19.4 Å². The van der Waals surface area contributed by atoms with Gasteiger partial charge in [-0.25, -0.2) is 4.98 Å². The zero-order valence-corrected chi connectivity index (χ0v) is 12.4. The Kier molecular flexibility index (Phi) is 5.23. The molecule has 0 saturated carbocycles. The van der Waals surface area contributed by atoms with Crippen LogP contribution < -0.4 is 5.32 Å². The van der Waals surface area contributed by atoms with Crippen LogP contribution in [0.4, 0.5) is 0 Å². The Morgan fingerprint density at radius 1 is 1.33 bits per heavy atom. The van der Waals surface area contributed by atoms with Gasteiger partial charge in [0.25, 0.3) is 0 Å². The summed E-state index contributed by atoms with van der Waals surface area (Å²) in [6.45, 7) is 6.37. The van der Waals surface area contributed by atoms with Crippen LogP contribution in [0, 0.1) is 5.92 Å². The molecule has 0 aliphatic carbocycles.